The molecular weight excluding hydrogens is 397 g/mol. The summed E-state index contributed by atoms with van der Waals surface area (Å²) in [7, 11) is 0. The fourth-order valence-corrected chi connectivity index (χ4v) is 5.41. The lowest BCUT2D eigenvalue weighted by atomic mass is 9.97. The van der Waals surface area contributed by atoms with Gasteiger partial charge in [0.2, 0.25) is 5.91 Å². The van der Waals surface area contributed by atoms with Crippen LogP contribution in [0.2, 0.25) is 0 Å². The molecule has 1 aromatic carbocycles. The molecule has 0 bridgehead atoms. The van der Waals surface area contributed by atoms with Crippen LogP contribution >= 0.6 is 23.1 Å². The van der Waals surface area contributed by atoms with E-state index in [-0.39, 0.29) is 22.9 Å². The van der Waals surface area contributed by atoms with Crippen LogP contribution in [0, 0.1) is 12.7 Å². The molecule has 0 unspecified atom stereocenters. The number of thiophene rings is 1. The van der Waals surface area contributed by atoms with Crippen molar-refractivity contribution in [2.45, 2.75) is 38.4 Å². The molecule has 1 aliphatic carbocycles. The molecule has 3 aromatic rings. The number of amides is 1. The summed E-state index contributed by atoms with van der Waals surface area (Å²) in [6.07, 6.45) is 4.25. The Bertz CT molecular complexity index is 1110. The molecule has 2 heterocycles. The number of carbonyl (C=O) groups is 1. The number of aryl methyl sites for hydroxylation is 3. The second kappa shape index (κ2) is 8.05. The highest BCUT2D eigenvalue weighted by molar-refractivity contribution is 7.99. The van der Waals surface area contributed by atoms with Crippen LogP contribution in [-0.4, -0.2) is 21.6 Å². The third-order valence-electron chi connectivity index (χ3n) is 4.74. The predicted molar refractivity (Wildman–Crippen MR) is 113 cm³/mol. The highest BCUT2D eigenvalue weighted by atomic mass is 32.2. The number of hydrogen-bond donors (Lipinski definition) is 2. The van der Waals surface area contributed by atoms with Gasteiger partial charge in [-0.1, -0.05) is 6.07 Å². The van der Waals surface area contributed by atoms with Crippen LogP contribution in [0.25, 0.3) is 10.2 Å². The summed E-state index contributed by atoms with van der Waals surface area (Å²) < 4.78 is 13.7. The monoisotopic (exact) mass is 417 g/mol. The van der Waals surface area contributed by atoms with Gasteiger partial charge in [-0.05, 0) is 55.9 Å². The lowest BCUT2D eigenvalue weighted by Crippen LogP contribution is -2.16. The number of hydrogen-bond acceptors (Lipinski definition) is 5. The van der Waals surface area contributed by atoms with Gasteiger partial charge < -0.3 is 10.3 Å². The van der Waals surface area contributed by atoms with E-state index in [1.807, 2.05) is 6.92 Å². The van der Waals surface area contributed by atoms with Crippen molar-refractivity contribution in [3.8, 4) is 0 Å². The minimum atomic E-state index is -0.456. The van der Waals surface area contributed by atoms with E-state index in [0.717, 1.165) is 41.5 Å². The largest absolute Gasteiger partial charge is 0.323 e. The fourth-order valence-electron chi connectivity index (χ4n) is 3.44. The van der Waals surface area contributed by atoms with Crippen LogP contribution in [0.4, 0.5) is 10.1 Å². The number of fused-ring (bicyclic) bond motifs is 3. The van der Waals surface area contributed by atoms with Crippen molar-refractivity contribution in [1.29, 1.82) is 0 Å². The summed E-state index contributed by atoms with van der Waals surface area (Å²) in [4.78, 5) is 34.1. The number of aromatic nitrogens is 2. The standard InChI is InChI=1S/C20H20FN3O2S2/c1-11-6-7-13(21)14(8-11)22-17(25)10-27-9-16-23-19(26)18-12-4-2-3-5-15(12)28-20(18)24-16/h6-8H,2-5,9-10H2,1H3,(H,22,25)(H,23,24,26). The summed E-state index contributed by atoms with van der Waals surface area (Å²) in [6, 6.07) is 4.59. The van der Waals surface area contributed by atoms with Crippen molar-refractivity contribution in [1.82, 2.24) is 9.97 Å². The minimum Gasteiger partial charge on any atom is -0.323 e. The van der Waals surface area contributed by atoms with E-state index in [4.69, 9.17) is 0 Å². The quantitative estimate of drug-likeness (QED) is 0.653. The lowest BCUT2D eigenvalue weighted by Gasteiger charge is -2.09. The number of nitrogens with zero attached hydrogens (tertiary/aromatic N) is 1. The molecule has 4 rings (SSSR count). The van der Waals surface area contributed by atoms with E-state index < -0.39 is 5.82 Å². The van der Waals surface area contributed by atoms with Crippen LogP contribution < -0.4 is 10.9 Å². The fraction of sp³-hybridized carbons (Fsp3) is 0.350. The second-order valence-electron chi connectivity index (χ2n) is 6.93. The number of H-pyrrole nitrogens is 1. The molecule has 0 fully saturated rings. The average Bonchev–Trinajstić information content (AvgIpc) is 3.03. The van der Waals surface area contributed by atoms with E-state index in [2.05, 4.69) is 15.3 Å². The molecule has 1 aliphatic rings. The van der Waals surface area contributed by atoms with E-state index in [1.54, 1.807) is 23.5 Å². The van der Waals surface area contributed by atoms with E-state index >= 15 is 0 Å². The molecule has 0 radical (unpaired) electrons. The third kappa shape index (κ3) is 3.98. The Balaban J connectivity index is 1.41. The van der Waals surface area contributed by atoms with Gasteiger partial charge in [0.05, 0.1) is 22.6 Å². The molecule has 0 saturated carbocycles. The molecular formula is C20H20FN3O2S2. The zero-order valence-corrected chi connectivity index (χ0v) is 17.1. The molecule has 0 atom stereocenters. The predicted octanol–water partition coefficient (Wildman–Crippen LogP) is 4.18. The van der Waals surface area contributed by atoms with Crippen LogP contribution in [0.15, 0.2) is 23.0 Å². The van der Waals surface area contributed by atoms with Gasteiger partial charge in [0.1, 0.15) is 16.5 Å². The smallest absolute Gasteiger partial charge is 0.259 e. The number of aromatic amines is 1. The van der Waals surface area contributed by atoms with Gasteiger partial charge in [-0.15, -0.1) is 23.1 Å². The normalized spacial score (nSPS) is 13.5. The molecule has 1 amide bonds. The van der Waals surface area contributed by atoms with E-state index in [9.17, 15) is 14.0 Å². The Kier molecular flexibility index (Phi) is 5.50. The lowest BCUT2D eigenvalue weighted by molar-refractivity contribution is -0.113. The molecule has 8 heteroatoms. The van der Waals surface area contributed by atoms with Crippen molar-refractivity contribution in [2.75, 3.05) is 11.1 Å². The summed E-state index contributed by atoms with van der Waals surface area (Å²) in [5, 5.41) is 3.32. The summed E-state index contributed by atoms with van der Waals surface area (Å²) in [5.74, 6) is 0.385. The number of thioether (sulfide) groups is 1. The Morgan fingerprint density at radius 2 is 2.18 bits per heavy atom. The second-order valence-corrected chi connectivity index (χ2v) is 9.00. The molecule has 146 valence electrons. The van der Waals surface area contributed by atoms with Crippen LogP contribution in [0.1, 0.15) is 34.7 Å². The van der Waals surface area contributed by atoms with Crippen LogP contribution in [0.3, 0.4) is 0 Å². The number of carbonyl (C=O) groups excluding carboxylic acids is 1. The number of halogens is 1. The number of nitrogens with one attached hydrogen (secondary N) is 2. The Morgan fingerprint density at radius 1 is 1.36 bits per heavy atom. The Labute approximate surface area is 169 Å². The molecule has 0 aliphatic heterocycles. The first-order chi connectivity index (χ1) is 13.5. The van der Waals surface area contributed by atoms with Crippen LogP contribution in [0.5, 0.6) is 0 Å². The van der Waals surface area contributed by atoms with Gasteiger partial charge in [-0.25, -0.2) is 9.37 Å². The SMILES string of the molecule is Cc1ccc(F)c(NC(=O)CSCc2nc3sc4c(c3c(=O)[nH]2)CCCC4)c1. The highest BCUT2D eigenvalue weighted by Crippen LogP contribution is 2.33. The molecule has 5 nitrogen and oxygen atoms in total. The first-order valence-electron chi connectivity index (χ1n) is 9.18. The molecule has 2 aromatic heterocycles. The molecule has 2 N–H and O–H groups in total. The third-order valence-corrected chi connectivity index (χ3v) is 6.87. The zero-order valence-electron chi connectivity index (χ0n) is 15.4. The summed E-state index contributed by atoms with van der Waals surface area (Å²) in [5.41, 5.74) is 2.13. The van der Waals surface area contributed by atoms with Crippen molar-refractivity contribution in [3.05, 3.63) is 56.2 Å². The van der Waals surface area contributed by atoms with Gasteiger partial charge in [-0.3, -0.25) is 9.59 Å². The van der Waals surface area contributed by atoms with Gasteiger partial charge in [0, 0.05) is 4.88 Å². The maximum absolute atomic E-state index is 13.7. The van der Waals surface area contributed by atoms with Gasteiger partial charge >= 0.3 is 0 Å². The van der Waals surface area contributed by atoms with Crippen molar-refractivity contribution in [3.63, 3.8) is 0 Å². The van der Waals surface area contributed by atoms with Gasteiger partial charge in [0.25, 0.3) is 5.56 Å². The summed E-state index contributed by atoms with van der Waals surface area (Å²) in [6.45, 7) is 1.84. The van der Waals surface area contributed by atoms with Gasteiger partial charge in [0.15, 0.2) is 0 Å². The van der Waals surface area contributed by atoms with E-state index in [1.165, 1.54) is 28.3 Å². The summed E-state index contributed by atoms with van der Waals surface area (Å²) >= 11 is 2.94. The Hall–Kier alpha value is -2.19. The molecule has 0 saturated heterocycles. The van der Waals surface area contributed by atoms with E-state index in [0.29, 0.717) is 11.6 Å². The minimum absolute atomic E-state index is 0.0914. The molecule has 28 heavy (non-hydrogen) atoms. The van der Waals surface area contributed by atoms with Crippen molar-refractivity contribution >= 4 is 44.9 Å². The number of benzene rings is 1. The zero-order chi connectivity index (χ0) is 19.7. The number of rotatable bonds is 5. The first-order valence-corrected chi connectivity index (χ1v) is 11.2. The van der Waals surface area contributed by atoms with Crippen molar-refractivity contribution in [2.24, 2.45) is 0 Å². The average molecular weight is 418 g/mol. The number of anilines is 1. The van der Waals surface area contributed by atoms with Gasteiger partial charge in [-0.2, -0.15) is 0 Å². The highest BCUT2D eigenvalue weighted by Gasteiger charge is 2.19. The first kappa shape index (κ1) is 19.1. The van der Waals surface area contributed by atoms with Crippen LogP contribution in [-0.2, 0) is 23.4 Å². The topological polar surface area (TPSA) is 74.8 Å². The Morgan fingerprint density at radius 3 is 3.04 bits per heavy atom. The maximum Gasteiger partial charge on any atom is 0.259 e. The maximum atomic E-state index is 13.7. The molecule has 0 spiro atoms. The van der Waals surface area contributed by atoms with Crippen molar-refractivity contribution < 1.29 is 9.18 Å².